The fourth-order valence-corrected chi connectivity index (χ4v) is 1.03. The first kappa shape index (κ1) is 11.7. The van der Waals surface area contributed by atoms with Gasteiger partial charge < -0.3 is 10.2 Å². The lowest BCUT2D eigenvalue weighted by molar-refractivity contribution is 0.432. The van der Waals surface area contributed by atoms with E-state index in [0.717, 1.165) is 0 Å². The van der Waals surface area contributed by atoms with Crippen molar-refractivity contribution in [3.63, 3.8) is 0 Å². The molecule has 0 aliphatic carbocycles. The lowest BCUT2D eigenvalue weighted by Gasteiger charge is -2.22. The van der Waals surface area contributed by atoms with Gasteiger partial charge in [-0.2, -0.15) is 10.5 Å². The molecular formula is C8H12N4S. The van der Waals surface area contributed by atoms with Gasteiger partial charge in [0.15, 0.2) is 5.11 Å². The molecule has 13 heavy (non-hydrogen) atoms. The maximum atomic E-state index is 8.39. The molecule has 0 aliphatic rings. The third kappa shape index (κ3) is 5.00. The monoisotopic (exact) mass is 196 g/mol. The minimum absolute atomic E-state index is 0.424. The molecule has 70 valence electrons. The smallest absolute Gasteiger partial charge is 0.168 e. The summed E-state index contributed by atoms with van der Waals surface area (Å²) in [6.07, 6.45) is 0.848. The lowest BCUT2D eigenvalue weighted by Crippen LogP contribution is -2.38. The fraction of sp³-hybridized carbons (Fsp3) is 0.625. The molecule has 4 nitrogen and oxygen atoms in total. The van der Waals surface area contributed by atoms with Gasteiger partial charge in [0.25, 0.3) is 0 Å². The minimum Gasteiger partial charge on any atom is -0.366 e. The van der Waals surface area contributed by atoms with E-state index in [4.69, 9.17) is 22.7 Å². The molecule has 0 spiro atoms. The second-order valence-electron chi connectivity index (χ2n) is 2.36. The van der Waals surface area contributed by atoms with Crippen LogP contribution >= 0.6 is 12.2 Å². The fourth-order valence-electron chi connectivity index (χ4n) is 0.843. The van der Waals surface area contributed by atoms with E-state index in [2.05, 4.69) is 5.32 Å². The van der Waals surface area contributed by atoms with Gasteiger partial charge >= 0.3 is 0 Å². The maximum Gasteiger partial charge on any atom is 0.168 e. The molecular weight excluding hydrogens is 184 g/mol. The third-order valence-electron chi connectivity index (χ3n) is 1.49. The van der Waals surface area contributed by atoms with Crippen LogP contribution in [0.3, 0.4) is 0 Å². The second kappa shape index (κ2) is 7.33. The van der Waals surface area contributed by atoms with Gasteiger partial charge in [-0.05, 0) is 12.2 Å². The van der Waals surface area contributed by atoms with Crippen molar-refractivity contribution in [3.8, 4) is 12.1 Å². The zero-order chi connectivity index (χ0) is 10.1. The zero-order valence-electron chi connectivity index (χ0n) is 7.58. The van der Waals surface area contributed by atoms with Crippen molar-refractivity contribution in [1.29, 1.82) is 10.5 Å². The quantitative estimate of drug-likeness (QED) is 0.668. The van der Waals surface area contributed by atoms with E-state index >= 15 is 0 Å². The van der Waals surface area contributed by atoms with Gasteiger partial charge in [-0.25, -0.2) is 0 Å². The summed E-state index contributed by atoms with van der Waals surface area (Å²) in [6, 6.07) is 4.08. The van der Waals surface area contributed by atoms with Crippen molar-refractivity contribution in [3.05, 3.63) is 0 Å². The highest BCUT2D eigenvalue weighted by Gasteiger charge is 2.06. The first-order chi connectivity index (χ1) is 6.26. The molecule has 0 aromatic heterocycles. The van der Waals surface area contributed by atoms with Gasteiger partial charge in [-0.1, -0.05) is 0 Å². The van der Waals surface area contributed by atoms with Crippen molar-refractivity contribution >= 4 is 17.3 Å². The van der Waals surface area contributed by atoms with Crippen LogP contribution in [0.5, 0.6) is 0 Å². The summed E-state index contributed by atoms with van der Waals surface area (Å²) in [7, 11) is 1.73. The Kier molecular flexibility index (Phi) is 6.58. The van der Waals surface area contributed by atoms with Crippen LogP contribution in [0.25, 0.3) is 0 Å². The summed E-state index contributed by atoms with van der Waals surface area (Å²) >= 11 is 5.00. The molecule has 0 saturated heterocycles. The van der Waals surface area contributed by atoms with E-state index in [-0.39, 0.29) is 0 Å². The van der Waals surface area contributed by atoms with E-state index in [0.29, 0.717) is 31.0 Å². The molecule has 0 rings (SSSR count). The van der Waals surface area contributed by atoms with Gasteiger partial charge in [0, 0.05) is 20.1 Å². The van der Waals surface area contributed by atoms with Crippen molar-refractivity contribution in [2.45, 2.75) is 12.8 Å². The molecule has 1 N–H and O–H groups in total. The van der Waals surface area contributed by atoms with Crippen molar-refractivity contribution in [2.75, 3.05) is 20.1 Å². The molecule has 0 saturated carbocycles. The van der Waals surface area contributed by atoms with E-state index in [1.165, 1.54) is 0 Å². The van der Waals surface area contributed by atoms with E-state index in [1.54, 1.807) is 7.05 Å². The summed E-state index contributed by atoms with van der Waals surface area (Å²) in [6.45, 7) is 1.16. The molecule has 0 fully saturated rings. The standard InChI is InChI=1S/C8H12N4S/c1-11-8(13)12(6-2-4-9)7-3-5-10/h2-3,6-7H2,1H3,(H,11,13). The first-order valence-electron chi connectivity index (χ1n) is 3.96. The predicted molar refractivity (Wildman–Crippen MR) is 53.7 cm³/mol. The number of hydrogen-bond donors (Lipinski definition) is 1. The minimum atomic E-state index is 0.424. The van der Waals surface area contributed by atoms with Crippen molar-refractivity contribution in [2.24, 2.45) is 0 Å². The van der Waals surface area contributed by atoms with E-state index in [1.807, 2.05) is 17.0 Å². The summed E-state index contributed by atoms with van der Waals surface area (Å²) < 4.78 is 0. The average molecular weight is 196 g/mol. The van der Waals surface area contributed by atoms with Gasteiger partial charge in [-0.15, -0.1) is 0 Å². The SMILES string of the molecule is CNC(=S)N(CCC#N)CCC#N. The van der Waals surface area contributed by atoms with E-state index in [9.17, 15) is 0 Å². The first-order valence-corrected chi connectivity index (χ1v) is 4.37. The Hall–Kier alpha value is -1.33. The highest BCUT2D eigenvalue weighted by Crippen LogP contribution is 1.94. The summed E-state index contributed by atoms with van der Waals surface area (Å²) in [5.74, 6) is 0. The highest BCUT2D eigenvalue weighted by atomic mass is 32.1. The summed E-state index contributed by atoms with van der Waals surface area (Å²) in [5, 5.41) is 20.2. The van der Waals surface area contributed by atoms with Crippen LogP contribution in [0, 0.1) is 22.7 Å². The lowest BCUT2D eigenvalue weighted by atomic mass is 10.3. The normalized spacial score (nSPS) is 8.23. The number of nitriles is 2. The Balaban J connectivity index is 3.97. The molecule has 0 aromatic rings. The molecule has 5 heteroatoms. The Bertz CT molecular complexity index is 220. The van der Waals surface area contributed by atoms with Crippen molar-refractivity contribution in [1.82, 2.24) is 10.2 Å². The molecule has 0 aromatic carbocycles. The Morgan fingerprint density at radius 1 is 1.31 bits per heavy atom. The summed E-state index contributed by atoms with van der Waals surface area (Å²) in [5.41, 5.74) is 0. The zero-order valence-corrected chi connectivity index (χ0v) is 8.39. The number of thiocarbonyl (C=S) groups is 1. The van der Waals surface area contributed by atoms with Crippen LogP contribution in [0.1, 0.15) is 12.8 Å². The van der Waals surface area contributed by atoms with Crippen LogP contribution in [0.15, 0.2) is 0 Å². The number of nitrogens with zero attached hydrogens (tertiary/aromatic N) is 3. The number of rotatable bonds is 4. The topological polar surface area (TPSA) is 62.9 Å². The number of hydrogen-bond acceptors (Lipinski definition) is 3. The largest absolute Gasteiger partial charge is 0.366 e. The van der Waals surface area contributed by atoms with Gasteiger partial charge in [0.05, 0.1) is 25.0 Å². The van der Waals surface area contributed by atoms with Crippen LogP contribution < -0.4 is 5.32 Å². The Morgan fingerprint density at radius 2 is 1.77 bits per heavy atom. The summed E-state index contributed by atoms with van der Waals surface area (Å²) in [4.78, 5) is 1.82. The molecule has 0 atom stereocenters. The molecule has 0 bridgehead atoms. The highest BCUT2D eigenvalue weighted by molar-refractivity contribution is 7.80. The predicted octanol–water partition coefficient (Wildman–Crippen LogP) is 0.620. The van der Waals surface area contributed by atoms with Gasteiger partial charge in [0.1, 0.15) is 0 Å². The molecule has 0 aliphatic heterocycles. The average Bonchev–Trinajstić information content (AvgIpc) is 2.17. The van der Waals surface area contributed by atoms with E-state index < -0.39 is 0 Å². The third-order valence-corrected chi connectivity index (χ3v) is 1.95. The molecule has 0 unspecified atom stereocenters. The Labute approximate surface area is 83.7 Å². The maximum absolute atomic E-state index is 8.39. The van der Waals surface area contributed by atoms with Crippen LogP contribution in [-0.2, 0) is 0 Å². The second-order valence-corrected chi connectivity index (χ2v) is 2.75. The van der Waals surface area contributed by atoms with Crippen LogP contribution in [0.4, 0.5) is 0 Å². The van der Waals surface area contributed by atoms with Gasteiger partial charge in [-0.3, -0.25) is 0 Å². The van der Waals surface area contributed by atoms with Crippen LogP contribution in [0.2, 0.25) is 0 Å². The number of nitrogens with one attached hydrogen (secondary N) is 1. The van der Waals surface area contributed by atoms with Gasteiger partial charge in [0.2, 0.25) is 0 Å². The Morgan fingerprint density at radius 3 is 2.08 bits per heavy atom. The molecule has 0 heterocycles. The molecule has 0 amide bonds. The molecule has 0 radical (unpaired) electrons. The van der Waals surface area contributed by atoms with Crippen molar-refractivity contribution < 1.29 is 0 Å². The van der Waals surface area contributed by atoms with Crippen LogP contribution in [-0.4, -0.2) is 30.1 Å².